The number of urea groups is 1. The number of halogens is 1. The molecular formula is C15H23BrN3O5P. The van der Waals surface area contributed by atoms with E-state index in [2.05, 4.69) is 31.9 Å². The molecule has 1 aromatic rings. The monoisotopic (exact) mass is 435 g/mol. The molecule has 0 aliphatic rings. The van der Waals surface area contributed by atoms with Crippen LogP contribution in [0.1, 0.15) is 20.3 Å². The van der Waals surface area contributed by atoms with Crippen molar-refractivity contribution in [3.63, 3.8) is 0 Å². The number of nitrogens with one attached hydrogen (secondary N) is 3. The fraction of sp³-hybridized carbons (Fsp3) is 0.467. The predicted molar refractivity (Wildman–Crippen MR) is 99.5 cm³/mol. The van der Waals surface area contributed by atoms with Crippen molar-refractivity contribution in [2.45, 2.75) is 26.3 Å². The Bertz CT molecular complexity index is 635. The van der Waals surface area contributed by atoms with Gasteiger partial charge in [-0.1, -0.05) is 36.2 Å². The number of anilines is 1. The van der Waals surface area contributed by atoms with E-state index in [9.17, 15) is 14.2 Å². The Morgan fingerprint density at radius 1 is 1.24 bits per heavy atom. The minimum Gasteiger partial charge on any atom is -0.354 e. The van der Waals surface area contributed by atoms with Gasteiger partial charge >= 0.3 is 13.6 Å². The zero-order valence-electron chi connectivity index (χ0n) is 14.0. The molecule has 2 unspecified atom stereocenters. The van der Waals surface area contributed by atoms with Gasteiger partial charge in [-0.2, -0.15) is 0 Å². The van der Waals surface area contributed by atoms with Gasteiger partial charge in [0.2, 0.25) is 5.91 Å². The fourth-order valence-electron chi connectivity index (χ4n) is 1.98. The van der Waals surface area contributed by atoms with Crippen LogP contribution in [-0.2, 0) is 9.36 Å². The summed E-state index contributed by atoms with van der Waals surface area (Å²) in [6, 6.07) is 5.63. The molecule has 0 saturated heterocycles. The minimum atomic E-state index is -4.18. The van der Waals surface area contributed by atoms with Crippen molar-refractivity contribution in [3.8, 4) is 0 Å². The number of rotatable bonds is 8. The lowest BCUT2D eigenvalue weighted by atomic mass is 9.98. The summed E-state index contributed by atoms with van der Waals surface area (Å²) in [5, 5.41) is 7.70. The number of benzene rings is 1. The Kier molecular flexibility index (Phi) is 8.58. The molecule has 0 aliphatic carbocycles. The van der Waals surface area contributed by atoms with Crippen molar-refractivity contribution in [1.82, 2.24) is 10.6 Å². The van der Waals surface area contributed by atoms with Crippen LogP contribution in [0.5, 0.6) is 0 Å². The molecule has 10 heteroatoms. The second kappa shape index (κ2) is 9.91. The summed E-state index contributed by atoms with van der Waals surface area (Å²) < 4.78 is 11.7. The maximum absolute atomic E-state index is 12.2. The maximum Gasteiger partial charge on any atom is 0.327 e. The normalized spacial score (nSPS) is 13.6. The summed E-state index contributed by atoms with van der Waals surface area (Å²) >= 11 is 3.30. The van der Waals surface area contributed by atoms with Crippen LogP contribution in [0.3, 0.4) is 0 Å². The molecule has 5 N–H and O–H groups in total. The van der Waals surface area contributed by atoms with E-state index in [1.165, 1.54) is 0 Å². The molecule has 25 heavy (non-hydrogen) atoms. The van der Waals surface area contributed by atoms with Crippen LogP contribution in [0.25, 0.3) is 0 Å². The summed E-state index contributed by atoms with van der Waals surface area (Å²) in [5.41, 5.74) is 0.575. The van der Waals surface area contributed by atoms with Gasteiger partial charge in [-0.25, -0.2) is 4.79 Å². The Morgan fingerprint density at radius 3 is 2.36 bits per heavy atom. The largest absolute Gasteiger partial charge is 0.354 e. The van der Waals surface area contributed by atoms with E-state index >= 15 is 0 Å². The lowest BCUT2D eigenvalue weighted by molar-refractivity contribution is -0.123. The van der Waals surface area contributed by atoms with Crippen LogP contribution >= 0.6 is 23.5 Å². The average Bonchev–Trinajstić information content (AvgIpc) is 2.52. The number of amides is 3. The number of hydrogen-bond acceptors (Lipinski definition) is 3. The van der Waals surface area contributed by atoms with Crippen molar-refractivity contribution < 1.29 is 23.9 Å². The van der Waals surface area contributed by atoms with E-state index in [0.717, 1.165) is 4.47 Å². The van der Waals surface area contributed by atoms with Gasteiger partial charge in [-0.3, -0.25) is 9.36 Å². The Morgan fingerprint density at radius 2 is 1.84 bits per heavy atom. The molecule has 8 nitrogen and oxygen atoms in total. The van der Waals surface area contributed by atoms with Crippen LogP contribution in [0.15, 0.2) is 28.7 Å². The van der Waals surface area contributed by atoms with E-state index in [1.54, 1.807) is 24.3 Å². The highest BCUT2D eigenvalue weighted by Crippen LogP contribution is 2.32. The van der Waals surface area contributed by atoms with E-state index < -0.39 is 31.7 Å². The van der Waals surface area contributed by atoms with Gasteiger partial charge in [0.15, 0.2) is 0 Å². The molecule has 0 radical (unpaired) electrons. The van der Waals surface area contributed by atoms with Gasteiger partial charge in [0.1, 0.15) is 6.04 Å². The molecule has 3 amide bonds. The molecule has 2 atom stereocenters. The van der Waals surface area contributed by atoms with E-state index in [0.29, 0.717) is 12.1 Å². The van der Waals surface area contributed by atoms with Gasteiger partial charge in [0.05, 0.1) is 6.16 Å². The average molecular weight is 436 g/mol. The van der Waals surface area contributed by atoms with Gasteiger partial charge in [0, 0.05) is 16.7 Å². The number of hydrogen-bond donors (Lipinski definition) is 5. The molecular weight excluding hydrogens is 413 g/mol. The van der Waals surface area contributed by atoms with E-state index in [1.807, 2.05) is 13.8 Å². The summed E-state index contributed by atoms with van der Waals surface area (Å²) in [6.07, 6.45) is 0.201. The van der Waals surface area contributed by atoms with Crippen LogP contribution in [-0.4, -0.2) is 40.5 Å². The smallest absolute Gasteiger partial charge is 0.327 e. The zero-order chi connectivity index (χ0) is 19.0. The third-order valence-corrected chi connectivity index (χ3v) is 4.92. The van der Waals surface area contributed by atoms with E-state index in [-0.39, 0.29) is 12.5 Å². The first-order valence-electron chi connectivity index (χ1n) is 7.77. The molecule has 0 heterocycles. The van der Waals surface area contributed by atoms with Gasteiger partial charge < -0.3 is 25.7 Å². The number of carbonyl (C=O) groups is 2. The lowest BCUT2D eigenvalue weighted by Crippen LogP contribution is -2.51. The first-order valence-corrected chi connectivity index (χ1v) is 10.4. The third kappa shape index (κ3) is 8.49. The molecule has 0 aliphatic heterocycles. The molecule has 1 rings (SSSR count). The number of carbonyl (C=O) groups excluding carboxylic acids is 2. The topological polar surface area (TPSA) is 128 Å². The molecule has 0 fully saturated rings. The highest BCUT2D eigenvalue weighted by molar-refractivity contribution is 9.10. The van der Waals surface area contributed by atoms with Crippen molar-refractivity contribution >= 4 is 41.2 Å². The Labute approximate surface area is 155 Å². The third-order valence-electron chi connectivity index (χ3n) is 3.59. The first kappa shape index (κ1) is 21.6. The predicted octanol–water partition coefficient (Wildman–Crippen LogP) is 2.28. The minimum absolute atomic E-state index is 0.147. The molecule has 0 spiro atoms. The second-order valence-electron chi connectivity index (χ2n) is 5.65. The van der Waals surface area contributed by atoms with Crippen molar-refractivity contribution in [1.29, 1.82) is 0 Å². The van der Waals surface area contributed by atoms with Crippen molar-refractivity contribution in [2.75, 3.05) is 18.0 Å². The first-order chi connectivity index (χ1) is 11.6. The van der Waals surface area contributed by atoms with Crippen LogP contribution in [0.2, 0.25) is 0 Å². The quantitative estimate of drug-likeness (QED) is 0.400. The van der Waals surface area contributed by atoms with Gasteiger partial charge in [0.25, 0.3) is 0 Å². The molecule has 140 valence electrons. The highest BCUT2D eigenvalue weighted by Gasteiger charge is 2.26. The van der Waals surface area contributed by atoms with Crippen LogP contribution in [0.4, 0.5) is 10.5 Å². The Hall–Kier alpha value is -1.41. The molecule has 1 aromatic carbocycles. The van der Waals surface area contributed by atoms with Crippen LogP contribution < -0.4 is 16.0 Å². The van der Waals surface area contributed by atoms with E-state index in [4.69, 9.17) is 9.79 Å². The molecule has 0 bridgehead atoms. The van der Waals surface area contributed by atoms with Gasteiger partial charge in [-0.05, 0) is 30.2 Å². The van der Waals surface area contributed by atoms with Crippen molar-refractivity contribution in [2.24, 2.45) is 5.92 Å². The maximum atomic E-state index is 12.2. The van der Waals surface area contributed by atoms with Gasteiger partial charge in [-0.15, -0.1) is 0 Å². The summed E-state index contributed by atoms with van der Waals surface area (Å²) in [5.74, 6) is -0.625. The summed E-state index contributed by atoms with van der Waals surface area (Å²) in [7, 11) is -4.18. The second-order valence-corrected chi connectivity index (χ2v) is 8.34. The van der Waals surface area contributed by atoms with Crippen LogP contribution in [0, 0.1) is 5.92 Å². The summed E-state index contributed by atoms with van der Waals surface area (Å²) in [6.45, 7) is 3.54. The molecule has 0 aromatic heterocycles. The standard InChI is InChI=1S/C15H23BrN3O5P/c1-3-10(2)13(14(20)17-8-9-25(22,23)24)19-15(21)18-12-6-4-11(16)5-7-12/h4-7,10,13H,3,8-9H2,1-2H3,(H,17,20)(H2,18,19,21)(H2,22,23,24). The fourth-order valence-corrected chi connectivity index (χ4v) is 2.65. The van der Waals surface area contributed by atoms with Crippen molar-refractivity contribution in [3.05, 3.63) is 28.7 Å². The summed E-state index contributed by atoms with van der Waals surface area (Å²) in [4.78, 5) is 42.0. The highest BCUT2D eigenvalue weighted by atomic mass is 79.9. The Balaban J connectivity index is 2.65. The lowest BCUT2D eigenvalue weighted by Gasteiger charge is -2.23. The zero-order valence-corrected chi connectivity index (χ0v) is 16.5. The SMILES string of the molecule is CCC(C)C(NC(=O)Nc1ccc(Br)cc1)C(=O)NCCP(=O)(O)O. The molecule has 0 saturated carbocycles.